The molecule has 1 aromatic carbocycles. The van der Waals surface area contributed by atoms with Gasteiger partial charge >= 0.3 is 0 Å². The molecule has 2 aliphatic rings. The van der Waals surface area contributed by atoms with Gasteiger partial charge in [-0.05, 0) is 43.0 Å². The third-order valence-corrected chi connectivity index (χ3v) is 5.40. The fourth-order valence-electron chi connectivity index (χ4n) is 3.93. The molecule has 2 aromatic rings. The third kappa shape index (κ3) is 4.22. The van der Waals surface area contributed by atoms with Crippen molar-refractivity contribution in [1.29, 1.82) is 0 Å². The number of benzene rings is 1. The predicted octanol–water partition coefficient (Wildman–Crippen LogP) is 3.62. The van der Waals surface area contributed by atoms with Crippen LogP contribution in [0, 0.1) is 5.82 Å². The van der Waals surface area contributed by atoms with Crippen molar-refractivity contribution in [1.82, 2.24) is 9.80 Å². The number of rotatable bonds is 4. The molecule has 5 nitrogen and oxygen atoms in total. The maximum absolute atomic E-state index is 13.3. The van der Waals surface area contributed by atoms with E-state index in [0.717, 1.165) is 56.9 Å². The number of carbonyl (C=O) groups excluding carboxylic acids is 1. The summed E-state index contributed by atoms with van der Waals surface area (Å²) < 4.78 is 24.3. The second-order valence-electron chi connectivity index (χ2n) is 7.25. The maximum atomic E-state index is 13.3. The van der Waals surface area contributed by atoms with Gasteiger partial charge < -0.3 is 14.1 Å². The molecule has 2 aliphatic heterocycles. The monoisotopic (exact) mass is 372 g/mol. The molecular formula is C21H25FN2O3. The number of piperidine rings is 1. The molecule has 0 radical (unpaired) electrons. The molecule has 3 heterocycles. The molecule has 2 fully saturated rings. The highest BCUT2D eigenvalue weighted by molar-refractivity contribution is 5.94. The summed E-state index contributed by atoms with van der Waals surface area (Å²) in [6.45, 7) is 4.63. The summed E-state index contributed by atoms with van der Waals surface area (Å²) in [7, 11) is 0. The number of hydrogen-bond acceptors (Lipinski definition) is 4. The Bertz CT molecular complexity index is 768. The number of morpholine rings is 1. The van der Waals surface area contributed by atoms with E-state index in [4.69, 9.17) is 9.15 Å². The second-order valence-corrected chi connectivity index (χ2v) is 7.25. The van der Waals surface area contributed by atoms with Crippen LogP contribution in [0.5, 0.6) is 0 Å². The molecule has 2 saturated heterocycles. The molecule has 0 bridgehead atoms. The van der Waals surface area contributed by atoms with Crippen LogP contribution < -0.4 is 0 Å². The minimum absolute atomic E-state index is 0.00977. The van der Waals surface area contributed by atoms with Crippen LogP contribution in [0.4, 0.5) is 4.39 Å². The van der Waals surface area contributed by atoms with Gasteiger partial charge in [0.2, 0.25) is 0 Å². The Morgan fingerprint density at radius 3 is 2.67 bits per heavy atom. The first kappa shape index (κ1) is 18.2. The Kier molecular flexibility index (Phi) is 5.55. The third-order valence-electron chi connectivity index (χ3n) is 5.40. The van der Waals surface area contributed by atoms with Gasteiger partial charge in [0.15, 0.2) is 0 Å². The predicted molar refractivity (Wildman–Crippen MR) is 98.8 cm³/mol. The number of ether oxygens (including phenoxy) is 1. The molecule has 27 heavy (non-hydrogen) atoms. The summed E-state index contributed by atoms with van der Waals surface area (Å²) in [5, 5.41) is 0. The molecule has 4 rings (SSSR count). The average molecular weight is 372 g/mol. The number of likely N-dealkylation sites (tertiary alicyclic amines) is 1. The molecule has 144 valence electrons. The van der Waals surface area contributed by atoms with Gasteiger partial charge in [-0.3, -0.25) is 9.69 Å². The van der Waals surface area contributed by atoms with Crippen LogP contribution in [-0.2, 0) is 11.3 Å². The minimum Gasteiger partial charge on any atom is -0.467 e. The molecule has 0 spiro atoms. The number of hydrogen-bond donors (Lipinski definition) is 0. The van der Waals surface area contributed by atoms with Gasteiger partial charge in [0.05, 0.1) is 31.4 Å². The van der Waals surface area contributed by atoms with E-state index >= 15 is 0 Å². The molecular weight excluding hydrogens is 347 g/mol. The van der Waals surface area contributed by atoms with Crippen LogP contribution in [-0.4, -0.2) is 48.6 Å². The van der Waals surface area contributed by atoms with Crippen LogP contribution in [0.25, 0.3) is 0 Å². The van der Waals surface area contributed by atoms with Crippen molar-refractivity contribution in [2.75, 3.05) is 32.8 Å². The average Bonchev–Trinajstić information content (AvgIpc) is 3.17. The van der Waals surface area contributed by atoms with Crippen molar-refractivity contribution in [3.05, 3.63) is 59.3 Å². The first-order chi connectivity index (χ1) is 13.2. The quantitative estimate of drug-likeness (QED) is 0.822. The van der Waals surface area contributed by atoms with Crippen molar-refractivity contribution in [3.8, 4) is 0 Å². The summed E-state index contributed by atoms with van der Waals surface area (Å²) in [5.41, 5.74) is 1.58. The van der Waals surface area contributed by atoms with E-state index in [0.29, 0.717) is 18.7 Å². The van der Waals surface area contributed by atoms with E-state index in [-0.39, 0.29) is 17.8 Å². The van der Waals surface area contributed by atoms with Crippen LogP contribution >= 0.6 is 0 Å². The Labute approximate surface area is 158 Å². The molecule has 0 N–H and O–H groups in total. The Balaban J connectivity index is 1.47. The number of nitrogens with zero attached hydrogens (tertiary/aromatic N) is 2. The lowest BCUT2D eigenvalue weighted by Gasteiger charge is -2.36. The highest BCUT2D eigenvalue weighted by Gasteiger charge is 2.29. The molecule has 1 amide bonds. The van der Waals surface area contributed by atoms with Gasteiger partial charge in [-0.2, -0.15) is 0 Å². The zero-order valence-corrected chi connectivity index (χ0v) is 15.4. The van der Waals surface area contributed by atoms with Gasteiger partial charge in [-0.15, -0.1) is 0 Å². The highest BCUT2D eigenvalue weighted by Crippen LogP contribution is 2.32. The molecule has 1 atom stereocenters. The number of amides is 1. The van der Waals surface area contributed by atoms with Crippen LogP contribution in [0.2, 0.25) is 0 Å². The summed E-state index contributed by atoms with van der Waals surface area (Å²) in [5.74, 6) is 0.534. The van der Waals surface area contributed by atoms with Gasteiger partial charge in [0.1, 0.15) is 17.8 Å². The number of halogens is 1. The Morgan fingerprint density at radius 2 is 1.89 bits per heavy atom. The maximum Gasteiger partial charge on any atom is 0.257 e. The molecule has 6 heteroatoms. The standard InChI is InChI=1S/C21H25FN2O3/c22-18-6-4-16(5-7-18)20-3-1-2-8-24(20)21(25)17-13-19(27-15-17)14-23-9-11-26-12-10-23/h4-7,13,15,20H,1-3,8-12,14H2. The number of furan rings is 1. The molecule has 0 saturated carbocycles. The molecule has 1 aromatic heterocycles. The summed E-state index contributed by atoms with van der Waals surface area (Å²) in [6, 6.07) is 8.34. The van der Waals surface area contributed by atoms with Crippen molar-refractivity contribution in [3.63, 3.8) is 0 Å². The van der Waals surface area contributed by atoms with Crippen LogP contribution in [0.3, 0.4) is 0 Å². The van der Waals surface area contributed by atoms with E-state index in [1.807, 2.05) is 11.0 Å². The first-order valence-corrected chi connectivity index (χ1v) is 9.64. The molecule has 1 unspecified atom stereocenters. The Hall–Kier alpha value is -2.18. The van der Waals surface area contributed by atoms with Crippen molar-refractivity contribution in [2.24, 2.45) is 0 Å². The van der Waals surface area contributed by atoms with E-state index in [2.05, 4.69) is 4.90 Å². The smallest absolute Gasteiger partial charge is 0.257 e. The van der Waals surface area contributed by atoms with Gasteiger partial charge in [-0.25, -0.2) is 4.39 Å². The largest absolute Gasteiger partial charge is 0.467 e. The lowest BCUT2D eigenvalue weighted by atomic mass is 9.94. The van der Waals surface area contributed by atoms with Gasteiger partial charge in [0, 0.05) is 19.6 Å². The van der Waals surface area contributed by atoms with Crippen molar-refractivity contribution in [2.45, 2.75) is 31.8 Å². The number of carbonyl (C=O) groups is 1. The first-order valence-electron chi connectivity index (χ1n) is 9.64. The van der Waals surface area contributed by atoms with Crippen LogP contribution in [0.1, 0.15) is 47.0 Å². The van der Waals surface area contributed by atoms with Crippen molar-refractivity contribution >= 4 is 5.91 Å². The van der Waals surface area contributed by atoms with Crippen LogP contribution in [0.15, 0.2) is 41.0 Å². The van der Waals surface area contributed by atoms with E-state index < -0.39 is 0 Å². The summed E-state index contributed by atoms with van der Waals surface area (Å²) >= 11 is 0. The fraction of sp³-hybridized carbons (Fsp3) is 0.476. The van der Waals surface area contributed by atoms with Gasteiger partial charge in [-0.1, -0.05) is 12.1 Å². The van der Waals surface area contributed by atoms with Crippen molar-refractivity contribution < 1.29 is 18.3 Å². The normalized spacial score (nSPS) is 21.4. The van der Waals surface area contributed by atoms with Gasteiger partial charge in [0.25, 0.3) is 5.91 Å². The second kappa shape index (κ2) is 8.23. The highest BCUT2D eigenvalue weighted by atomic mass is 19.1. The zero-order valence-electron chi connectivity index (χ0n) is 15.4. The summed E-state index contributed by atoms with van der Waals surface area (Å²) in [6.07, 6.45) is 4.52. The lowest BCUT2D eigenvalue weighted by Crippen LogP contribution is -2.38. The van der Waals surface area contributed by atoms with E-state index in [9.17, 15) is 9.18 Å². The minimum atomic E-state index is -0.255. The summed E-state index contributed by atoms with van der Waals surface area (Å²) in [4.78, 5) is 17.3. The lowest BCUT2D eigenvalue weighted by molar-refractivity contribution is 0.0313. The SMILES string of the molecule is O=C(c1coc(CN2CCOCC2)c1)N1CCCCC1c1ccc(F)cc1. The van der Waals surface area contributed by atoms with E-state index in [1.165, 1.54) is 12.1 Å². The Morgan fingerprint density at radius 1 is 1.11 bits per heavy atom. The topological polar surface area (TPSA) is 45.9 Å². The van der Waals surface area contributed by atoms with E-state index in [1.54, 1.807) is 18.4 Å². The molecule has 0 aliphatic carbocycles. The fourth-order valence-corrected chi connectivity index (χ4v) is 3.93. The zero-order chi connectivity index (χ0) is 18.6.